The fourth-order valence-corrected chi connectivity index (χ4v) is 12.7. The van der Waals surface area contributed by atoms with Gasteiger partial charge in [-0.15, -0.1) is 0 Å². The molecule has 1 saturated heterocycles. The maximum Gasteiger partial charge on any atom is 0.261 e. The molecule has 1 heterocycles. The lowest BCUT2D eigenvalue weighted by molar-refractivity contribution is -0.138. The van der Waals surface area contributed by atoms with E-state index in [9.17, 15) is 24.9 Å². The number of hydrogen-bond donors (Lipinski definition) is 3. The summed E-state index contributed by atoms with van der Waals surface area (Å²) in [6.07, 6.45) is 2.89. The highest BCUT2D eigenvalue weighted by Crippen LogP contribution is 2.47. The molecule has 3 aromatic rings. The van der Waals surface area contributed by atoms with E-state index >= 15 is 0 Å². The third-order valence-corrected chi connectivity index (χ3v) is 15.7. The van der Waals surface area contributed by atoms with Crippen molar-refractivity contribution in [2.75, 3.05) is 20.3 Å². The molecule has 1 aliphatic heterocycles. The Balaban J connectivity index is 1.56. The molecule has 1 aliphatic carbocycles. The molecule has 9 heteroatoms. The summed E-state index contributed by atoms with van der Waals surface area (Å²) >= 11 is 6.39. The van der Waals surface area contributed by atoms with Crippen molar-refractivity contribution in [3.8, 4) is 5.75 Å². The molecular formula is C40H48ClNO6Si. The molecule has 0 unspecified atom stereocenters. The Labute approximate surface area is 296 Å². The van der Waals surface area contributed by atoms with Crippen LogP contribution in [0.25, 0.3) is 6.08 Å². The van der Waals surface area contributed by atoms with Crippen LogP contribution in [0.3, 0.4) is 0 Å². The molecule has 5 rings (SSSR count). The van der Waals surface area contributed by atoms with Crippen LogP contribution in [0.1, 0.15) is 58.9 Å². The first kappa shape index (κ1) is 36.7. The second-order valence-corrected chi connectivity index (χ2v) is 19.0. The number of nitrogens with zero attached hydrogens (tertiary/aromatic N) is 1. The van der Waals surface area contributed by atoms with Gasteiger partial charge in [0.15, 0.2) is 0 Å². The third kappa shape index (κ3) is 7.21. The van der Waals surface area contributed by atoms with Crippen LogP contribution < -0.4 is 10.4 Å². The van der Waals surface area contributed by atoms with E-state index < -0.39 is 32.2 Å². The quantitative estimate of drug-likeness (QED) is 0.120. The van der Waals surface area contributed by atoms with Crippen LogP contribution in [0.5, 0.6) is 5.75 Å². The highest BCUT2D eigenvalue weighted by molar-refractivity contribution is 6.99. The number of fused-ring (bicyclic) bond motifs is 1. The van der Waals surface area contributed by atoms with E-state index in [0.29, 0.717) is 23.4 Å². The zero-order chi connectivity index (χ0) is 35.5. The first-order valence-electron chi connectivity index (χ1n) is 17.1. The zero-order valence-corrected chi connectivity index (χ0v) is 30.8. The van der Waals surface area contributed by atoms with Crippen molar-refractivity contribution in [1.29, 1.82) is 0 Å². The lowest BCUT2D eigenvalue weighted by Gasteiger charge is -2.44. The summed E-state index contributed by atoms with van der Waals surface area (Å²) in [4.78, 5) is 28.0. The fourth-order valence-electron chi connectivity index (χ4n) is 7.89. The lowest BCUT2D eigenvalue weighted by atomic mass is 9.68. The maximum atomic E-state index is 13.4. The molecule has 3 aromatic carbocycles. The molecule has 1 fully saturated rings. The van der Waals surface area contributed by atoms with Crippen molar-refractivity contribution >= 4 is 48.2 Å². The van der Waals surface area contributed by atoms with Gasteiger partial charge in [0.2, 0.25) is 11.8 Å². The van der Waals surface area contributed by atoms with Crippen molar-refractivity contribution in [1.82, 2.24) is 4.90 Å². The molecule has 3 N–H and O–H groups in total. The molecular weight excluding hydrogens is 654 g/mol. The minimum absolute atomic E-state index is 0.0895. The normalized spacial score (nSPS) is 20.9. The number of aliphatic hydroxyl groups excluding tert-OH is 2. The Morgan fingerprint density at radius 2 is 1.63 bits per heavy atom. The third-order valence-electron chi connectivity index (χ3n) is 10.4. The number of carbonyl (C=O) groups is 2. The standard InChI is InChI=1S/C40H48ClNO6Si/c1-6-26(21-27-18-19-29(44)23-34(27)41)17-20-35(45)36-28(22-32-37(33(36)24-43)39(47)42(5)38(32)46)25-48-49(40(2,3)4,30-13-9-7-10-14-30)31-15-11-8-12-16-31/h7-16,18-19,21,23,32-33,35,37,43-45H,6,17,20,22,24-25H2,1-5H3/b26-21+/t32-,33+,35-,37-/m1/s1. The van der Waals surface area contributed by atoms with Gasteiger partial charge in [0.25, 0.3) is 8.32 Å². The van der Waals surface area contributed by atoms with Gasteiger partial charge in [0, 0.05) is 13.0 Å². The van der Waals surface area contributed by atoms with Crippen LogP contribution in [0.15, 0.2) is 95.6 Å². The van der Waals surface area contributed by atoms with E-state index in [1.165, 1.54) is 18.0 Å². The van der Waals surface area contributed by atoms with Crippen LogP contribution in [-0.2, 0) is 14.0 Å². The number of aliphatic hydroxyl groups is 2. The Hall–Kier alpha value is -3.53. The SMILES string of the molecule is CC/C(=C\c1ccc(O)cc1Cl)CC[C@@H](O)C1=C(CO[Si](c2ccccc2)(c2ccccc2)C(C)(C)C)C[C@H]2C(=O)N(C)C(=O)[C@H]2[C@H]1CO. The number of allylic oxidation sites excluding steroid dienone is 1. The number of benzene rings is 3. The number of carbonyl (C=O) groups excluding carboxylic acids is 2. The molecule has 0 radical (unpaired) electrons. The van der Waals surface area contributed by atoms with Crippen LogP contribution >= 0.6 is 11.6 Å². The molecule has 2 aliphatic rings. The number of phenols is 1. The number of likely N-dealkylation sites (tertiary alicyclic amines) is 1. The predicted molar refractivity (Wildman–Crippen MR) is 197 cm³/mol. The summed E-state index contributed by atoms with van der Waals surface area (Å²) in [6, 6.07) is 25.4. The number of rotatable bonds is 12. The Bertz CT molecular complexity index is 1680. The Morgan fingerprint density at radius 3 is 2.16 bits per heavy atom. The topological polar surface area (TPSA) is 107 Å². The van der Waals surface area contributed by atoms with E-state index in [1.807, 2.05) is 49.4 Å². The predicted octanol–water partition coefficient (Wildman–Crippen LogP) is 6.10. The molecule has 2 amide bonds. The van der Waals surface area contributed by atoms with Gasteiger partial charge in [-0.1, -0.05) is 112 Å². The zero-order valence-electron chi connectivity index (χ0n) is 29.0. The van der Waals surface area contributed by atoms with Gasteiger partial charge in [-0.25, -0.2) is 0 Å². The average molecular weight is 702 g/mol. The molecule has 260 valence electrons. The van der Waals surface area contributed by atoms with Gasteiger partial charge in [0.05, 0.1) is 36.2 Å². The van der Waals surface area contributed by atoms with Gasteiger partial charge >= 0.3 is 0 Å². The van der Waals surface area contributed by atoms with Gasteiger partial charge in [-0.05, 0) is 76.0 Å². The van der Waals surface area contributed by atoms with Crippen LogP contribution in [0.4, 0.5) is 0 Å². The van der Waals surface area contributed by atoms with E-state index in [1.54, 1.807) is 12.1 Å². The molecule has 49 heavy (non-hydrogen) atoms. The Kier molecular flexibility index (Phi) is 11.4. The maximum absolute atomic E-state index is 13.4. The number of imide groups is 1. The molecule has 0 aromatic heterocycles. The van der Waals surface area contributed by atoms with E-state index in [0.717, 1.165) is 33.5 Å². The number of halogens is 1. The summed E-state index contributed by atoms with van der Waals surface area (Å²) in [5.74, 6) is -2.55. The minimum Gasteiger partial charge on any atom is -0.508 e. The van der Waals surface area contributed by atoms with Gasteiger partial charge < -0.3 is 19.7 Å². The first-order valence-corrected chi connectivity index (χ1v) is 19.4. The van der Waals surface area contributed by atoms with E-state index in [4.69, 9.17) is 16.0 Å². The smallest absolute Gasteiger partial charge is 0.261 e. The van der Waals surface area contributed by atoms with Gasteiger partial charge in [-0.3, -0.25) is 14.5 Å². The van der Waals surface area contributed by atoms with Crippen molar-refractivity contribution in [2.24, 2.45) is 17.8 Å². The molecule has 0 saturated carbocycles. The lowest BCUT2D eigenvalue weighted by Crippen LogP contribution is -2.66. The van der Waals surface area contributed by atoms with Crippen molar-refractivity contribution in [3.63, 3.8) is 0 Å². The van der Waals surface area contributed by atoms with Gasteiger partial charge in [0.1, 0.15) is 5.75 Å². The minimum atomic E-state index is -2.98. The highest BCUT2D eigenvalue weighted by Gasteiger charge is 2.55. The molecule has 4 atom stereocenters. The van der Waals surface area contributed by atoms with Gasteiger partial charge in [-0.2, -0.15) is 0 Å². The number of hydrogen-bond acceptors (Lipinski definition) is 6. The number of amides is 2. The fraction of sp³-hybridized carbons (Fsp3) is 0.400. The molecule has 0 bridgehead atoms. The van der Waals surface area contributed by atoms with Crippen molar-refractivity contribution < 1.29 is 29.3 Å². The van der Waals surface area contributed by atoms with Crippen LogP contribution in [-0.4, -0.2) is 66.7 Å². The van der Waals surface area contributed by atoms with E-state index in [2.05, 4.69) is 45.0 Å². The second-order valence-electron chi connectivity index (χ2n) is 14.3. The highest BCUT2D eigenvalue weighted by atomic mass is 35.5. The molecule has 0 spiro atoms. The summed E-state index contributed by atoms with van der Waals surface area (Å²) in [5.41, 5.74) is 3.21. The summed E-state index contributed by atoms with van der Waals surface area (Å²) in [6.45, 7) is 8.42. The largest absolute Gasteiger partial charge is 0.508 e. The van der Waals surface area contributed by atoms with Crippen LogP contribution in [0.2, 0.25) is 10.1 Å². The first-order chi connectivity index (χ1) is 23.3. The number of phenolic OH excluding ortho intramolecular Hbond substituents is 1. The van der Waals surface area contributed by atoms with E-state index in [-0.39, 0.29) is 42.2 Å². The molecule has 7 nitrogen and oxygen atoms in total. The summed E-state index contributed by atoms with van der Waals surface area (Å²) in [7, 11) is -1.48. The number of aromatic hydroxyl groups is 1. The summed E-state index contributed by atoms with van der Waals surface area (Å²) < 4.78 is 7.30. The van der Waals surface area contributed by atoms with Crippen LogP contribution in [0, 0.1) is 17.8 Å². The average Bonchev–Trinajstić information content (AvgIpc) is 3.30. The Morgan fingerprint density at radius 1 is 1.02 bits per heavy atom. The van der Waals surface area contributed by atoms with Crippen molar-refractivity contribution in [3.05, 3.63) is 106 Å². The van der Waals surface area contributed by atoms with Crippen molar-refractivity contribution in [2.45, 2.75) is 64.5 Å². The monoisotopic (exact) mass is 701 g/mol. The summed E-state index contributed by atoms with van der Waals surface area (Å²) in [5, 5.41) is 35.0. The second kappa shape index (κ2) is 15.2.